The monoisotopic (exact) mass is 750 g/mol. The molecule has 0 N–H and O–H groups in total. The number of nitrogens with zero attached hydrogens (tertiary/aromatic N) is 6. The van der Waals surface area contributed by atoms with Crippen LogP contribution in [0.1, 0.15) is 39.9 Å². The number of amides is 3. The van der Waals surface area contributed by atoms with Crippen LogP contribution >= 0.6 is 0 Å². The van der Waals surface area contributed by atoms with E-state index in [4.69, 9.17) is 18.9 Å². The van der Waals surface area contributed by atoms with Crippen LogP contribution in [0.15, 0.2) is 66.7 Å². The van der Waals surface area contributed by atoms with Crippen LogP contribution in [0.2, 0.25) is 0 Å². The Bertz CT molecular complexity index is 1900. The number of nitro groups is 3. The quantitative estimate of drug-likeness (QED) is 0.103. The third kappa shape index (κ3) is 9.92. The second-order valence-corrected chi connectivity index (χ2v) is 12.2. The van der Waals surface area contributed by atoms with Crippen molar-refractivity contribution in [1.82, 2.24) is 14.7 Å². The molecule has 2 fully saturated rings. The van der Waals surface area contributed by atoms with E-state index in [0.29, 0.717) is 24.2 Å². The molecule has 0 radical (unpaired) electrons. The Kier molecular flexibility index (Phi) is 12.5. The third-order valence-corrected chi connectivity index (χ3v) is 8.66. The lowest BCUT2D eigenvalue weighted by Crippen LogP contribution is -2.58. The van der Waals surface area contributed by atoms with E-state index in [-0.39, 0.29) is 67.6 Å². The minimum Gasteiger partial charge on any atom is -0.445 e. The van der Waals surface area contributed by atoms with Crippen molar-refractivity contribution in [1.29, 1.82) is 0 Å². The Morgan fingerprint density at radius 2 is 1.15 bits per heavy atom. The van der Waals surface area contributed by atoms with Gasteiger partial charge in [0.15, 0.2) is 0 Å². The van der Waals surface area contributed by atoms with E-state index >= 15 is 0 Å². The first-order valence-electron chi connectivity index (χ1n) is 16.6. The molecule has 2 aliphatic rings. The van der Waals surface area contributed by atoms with E-state index in [1.54, 1.807) is 0 Å². The fourth-order valence-electron chi connectivity index (χ4n) is 5.73. The van der Waals surface area contributed by atoms with Crippen LogP contribution in [0.5, 0.6) is 0 Å². The summed E-state index contributed by atoms with van der Waals surface area (Å²) in [6, 6.07) is 13.2. The number of carbonyl (C=O) groups is 4. The molecule has 20 heteroatoms. The van der Waals surface area contributed by atoms with Crippen molar-refractivity contribution in [3.05, 3.63) is 119 Å². The van der Waals surface area contributed by atoms with Gasteiger partial charge in [-0.05, 0) is 54.3 Å². The number of hydrogen-bond donors (Lipinski definition) is 0. The molecule has 0 aromatic heterocycles. The molecule has 2 saturated heterocycles. The van der Waals surface area contributed by atoms with Gasteiger partial charge in [-0.1, -0.05) is 0 Å². The average Bonchev–Trinajstić information content (AvgIpc) is 3.73. The van der Waals surface area contributed by atoms with E-state index in [2.05, 4.69) is 0 Å². The molecule has 3 amide bonds. The molecule has 54 heavy (non-hydrogen) atoms. The van der Waals surface area contributed by atoms with Crippen molar-refractivity contribution in [2.75, 3.05) is 39.3 Å². The molecule has 1 unspecified atom stereocenters. The zero-order valence-corrected chi connectivity index (χ0v) is 28.6. The average molecular weight is 751 g/mol. The lowest BCUT2D eigenvalue weighted by atomic mass is 10.0. The molecule has 2 heterocycles. The molecule has 0 saturated carbocycles. The van der Waals surface area contributed by atoms with Crippen molar-refractivity contribution >= 4 is 41.3 Å². The van der Waals surface area contributed by atoms with Crippen molar-refractivity contribution < 1.29 is 52.9 Å². The first kappa shape index (κ1) is 38.4. The van der Waals surface area contributed by atoms with Crippen LogP contribution < -0.4 is 0 Å². The van der Waals surface area contributed by atoms with Gasteiger partial charge in [-0.25, -0.2) is 14.4 Å². The Balaban J connectivity index is 1.29. The minimum absolute atomic E-state index is 0.0672. The molecule has 0 aliphatic carbocycles. The number of benzene rings is 3. The molecular formula is C34H34N6O14. The number of ether oxygens (including phenoxy) is 4. The molecule has 0 bridgehead atoms. The smallest absolute Gasteiger partial charge is 0.445 e. The molecule has 20 nitrogen and oxygen atoms in total. The number of non-ortho nitro benzene ring substituents is 3. The van der Waals surface area contributed by atoms with Gasteiger partial charge in [-0.2, -0.15) is 0 Å². The summed E-state index contributed by atoms with van der Waals surface area (Å²) in [7, 11) is 0. The van der Waals surface area contributed by atoms with Gasteiger partial charge in [-0.3, -0.25) is 40.0 Å². The van der Waals surface area contributed by atoms with Crippen LogP contribution in [-0.2, 0) is 38.8 Å². The van der Waals surface area contributed by atoms with Crippen molar-refractivity contribution in [2.24, 2.45) is 0 Å². The number of hydrogen-bond acceptors (Lipinski definition) is 14. The van der Waals surface area contributed by atoms with E-state index in [1.165, 1.54) is 75.4 Å². The van der Waals surface area contributed by atoms with Gasteiger partial charge in [0.05, 0.1) is 26.4 Å². The van der Waals surface area contributed by atoms with Crippen LogP contribution in [0, 0.1) is 30.3 Å². The van der Waals surface area contributed by atoms with Gasteiger partial charge in [-0.15, -0.1) is 0 Å². The standard InChI is InChI=1S/C34H34N6O14/c41-31(30-17-28(40(49)50)12-7-25(30)21-52-32(42)35-13-1-2-14-35)36-15-16-37(33(43)51-19-23-3-8-26(9-4-23)38(45)46)29(18-36)22-54-34(44)53-20-24-5-10-27(11-6-24)39(47)48/h3-12,17,29H,1-2,13-16,18-22H2. The number of likely N-dealkylation sites (tertiary alicyclic amines) is 1. The lowest BCUT2D eigenvalue weighted by molar-refractivity contribution is -0.385. The van der Waals surface area contributed by atoms with Gasteiger partial charge >= 0.3 is 18.3 Å². The molecule has 0 spiro atoms. The summed E-state index contributed by atoms with van der Waals surface area (Å²) < 4.78 is 21.3. The highest BCUT2D eigenvalue weighted by atomic mass is 16.7. The van der Waals surface area contributed by atoms with Crippen LogP contribution in [0.25, 0.3) is 0 Å². The van der Waals surface area contributed by atoms with Gasteiger partial charge in [0.2, 0.25) is 0 Å². The molecule has 5 rings (SSSR count). The first-order valence-corrected chi connectivity index (χ1v) is 16.6. The zero-order chi connectivity index (χ0) is 38.8. The summed E-state index contributed by atoms with van der Waals surface area (Å²) in [6.45, 7) is -0.719. The molecule has 2 aliphatic heterocycles. The number of carbonyl (C=O) groups excluding carboxylic acids is 4. The summed E-state index contributed by atoms with van der Waals surface area (Å²) >= 11 is 0. The SMILES string of the molecule is O=C(OCc1ccc([N+](=O)[O-])cc1)OCC1CN(C(=O)c2cc([N+](=O)[O-])ccc2COC(=O)N2CCCC2)CCN1C(=O)OCc1ccc([N+](=O)[O-])cc1. The van der Waals surface area contributed by atoms with Crippen molar-refractivity contribution in [3.8, 4) is 0 Å². The fraction of sp³-hybridized carbons (Fsp3) is 0.353. The summed E-state index contributed by atoms with van der Waals surface area (Å²) in [5.74, 6) is -0.671. The van der Waals surface area contributed by atoms with Gasteiger partial charge < -0.3 is 28.7 Å². The molecule has 3 aromatic carbocycles. The van der Waals surface area contributed by atoms with Crippen LogP contribution in [0.3, 0.4) is 0 Å². The van der Waals surface area contributed by atoms with E-state index in [0.717, 1.165) is 18.9 Å². The summed E-state index contributed by atoms with van der Waals surface area (Å²) in [5.41, 5.74) is 0.313. The molecular weight excluding hydrogens is 716 g/mol. The summed E-state index contributed by atoms with van der Waals surface area (Å²) in [6.07, 6.45) is -0.914. The zero-order valence-electron chi connectivity index (χ0n) is 28.6. The minimum atomic E-state index is -1.14. The Hall–Kier alpha value is -6.86. The topological polar surface area (TPSA) is 244 Å². The maximum Gasteiger partial charge on any atom is 0.508 e. The molecule has 1 atom stereocenters. The second-order valence-electron chi connectivity index (χ2n) is 12.2. The normalized spacial score (nSPS) is 15.3. The lowest BCUT2D eigenvalue weighted by Gasteiger charge is -2.40. The highest BCUT2D eigenvalue weighted by molar-refractivity contribution is 5.96. The Morgan fingerprint density at radius 3 is 1.72 bits per heavy atom. The maximum atomic E-state index is 14.0. The molecule has 284 valence electrons. The number of rotatable bonds is 12. The van der Waals surface area contributed by atoms with Gasteiger partial charge in [0.1, 0.15) is 26.4 Å². The van der Waals surface area contributed by atoms with E-state index in [1.807, 2.05) is 0 Å². The van der Waals surface area contributed by atoms with Crippen LogP contribution in [-0.4, -0.2) is 99.1 Å². The predicted octanol–water partition coefficient (Wildman–Crippen LogP) is 4.96. The maximum absolute atomic E-state index is 14.0. The Labute approximate surface area is 306 Å². The molecule has 3 aromatic rings. The summed E-state index contributed by atoms with van der Waals surface area (Å²) in [5, 5.41) is 33.5. The Morgan fingerprint density at radius 1 is 0.611 bits per heavy atom. The first-order chi connectivity index (χ1) is 25.9. The third-order valence-electron chi connectivity index (χ3n) is 8.66. The largest absolute Gasteiger partial charge is 0.508 e. The highest BCUT2D eigenvalue weighted by Crippen LogP contribution is 2.24. The van der Waals surface area contributed by atoms with E-state index < -0.39 is 51.7 Å². The fourth-order valence-corrected chi connectivity index (χ4v) is 5.73. The van der Waals surface area contributed by atoms with Gasteiger partial charge in [0, 0.05) is 74.7 Å². The summed E-state index contributed by atoms with van der Waals surface area (Å²) in [4.78, 5) is 88.2. The predicted molar refractivity (Wildman–Crippen MR) is 183 cm³/mol. The van der Waals surface area contributed by atoms with Crippen LogP contribution in [0.4, 0.5) is 31.4 Å². The van der Waals surface area contributed by atoms with E-state index in [9.17, 15) is 49.5 Å². The number of nitro benzene ring substituents is 3. The van der Waals surface area contributed by atoms with Crippen molar-refractivity contribution in [2.45, 2.75) is 38.7 Å². The number of piperazine rings is 1. The highest BCUT2D eigenvalue weighted by Gasteiger charge is 2.36. The van der Waals surface area contributed by atoms with Crippen molar-refractivity contribution in [3.63, 3.8) is 0 Å². The second kappa shape index (κ2) is 17.6. The van der Waals surface area contributed by atoms with Gasteiger partial charge in [0.25, 0.3) is 23.0 Å².